The Labute approximate surface area is 174 Å². The third-order valence-electron chi connectivity index (χ3n) is 7.40. The first-order chi connectivity index (χ1) is 13.9. The van der Waals surface area contributed by atoms with Gasteiger partial charge >= 0.3 is 0 Å². The highest BCUT2D eigenvalue weighted by Gasteiger charge is 2.38. The minimum absolute atomic E-state index is 0.327. The molecule has 2 aliphatic carbocycles. The van der Waals surface area contributed by atoms with Crippen molar-refractivity contribution in [3.63, 3.8) is 0 Å². The highest BCUT2D eigenvalue weighted by molar-refractivity contribution is 5.67. The van der Waals surface area contributed by atoms with Crippen LogP contribution < -0.4 is 0 Å². The lowest BCUT2D eigenvalue weighted by Gasteiger charge is -2.44. The minimum Gasteiger partial charge on any atom is -0.508 e. The molecular formula is C27H32O2. The highest BCUT2D eigenvalue weighted by atomic mass is 16.3. The zero-order valence-electron chi connectivity index (χ0n) is 17.6. The van der Waals surface area contributed by atoms with Crippen LogP contribution in [0.15, 0.2) is 60.7 Å². The summed E-state index contributed by atoms with van der Waals surface area (Å²) in [5.74, 6) is 2.11. The molecule has 0 bridgehead atoms. The number of benzene rings is 2. The number of rotatable bonds is 4. The first-order valence-electron chi connectivity index (χ1n) is 10.9. The largest absolute Gasteiger partial charge is 0.508 e. The number of aromatic hydroxyl groups is 2. The van der Waals surface area contributed by atoms with E-state index in [1.807, 2.05) is 24.3 Å². The zero-order chi connectivity index (χ0) is 20.4. The van der Waals surface area contributed by atoms with Crippen molar-refractivity contribution >= 4 is 11.1 Å². The van der Waals surface area contributed by atoms with E-state index in [0.717, 1.165) is 37.5 Å². The van der Waals surface area contributed by atoms with Gasteiger partial charge in [-0.25, -0.2) is 0 Å². The van der Waals surface area contributed by atoms with Gasteiger partial charge in [0.2, 0.25) is 0 Å². The van der Waals surface area contributed by atoms with Crippen molar-refractivity contribution in [2.24, 2.45) is 17.3 Å². The second-order valence-electron chi connectivity index (χ2n) is 9.32. The highest BCUT2D eigenvalue weighted by Crippen LogP contribution is 2.49. The molecule has 2 heteroatoms. The summed E-state index contributed by atoms with van der Waals surface area (Å²) in [5, 5.41) is 19.0. The molecule has 0 saturated carbocycles. The molecule has 2 aromatic carbocycles. The van der Waals surface area contributed by atoms with Gasteiger partial charge in [0.1, 0.15) is 11.5 Å². The second-order valence-corrected chi connectivity index (χ2v) is 9.32. The summed E-state index contributed by atoms with van der Waals surface area (Å²) < 4.78 is 0. The average molecular weight is 389 g/mol. The monoisotopic (exact) mass is 388 g/mol. The quantitative estimate of drug-likeness (QED) is 0.582. The van der Waals surface area contributed by atoms with Crippen LogP contribution in [0.4, 0.5) is 0 Å². The van der Waals surface area contributed by atoms with Gasteiger partial charge in [-0.05, 0) is 102 Å². The number of allylic oxidation sites excluding steroid dienone is 4. The van der Waals surface area contributed by atoms with Gasteiger partial charge in [0.25, 0.3) is 0 Å². The van der Waals surface area contributed by atoms with E-state index in [0.29, 0.717) is 16.9 Å². The lowest BCUT2D eigenvalue weighted by molar-refractivity contribution is 0.0991. The van der Waals surface area contributed by atoms with Gasteiger partial charge in [0.15, 0.2) is 0 Å². The Bertz CT molecular complexity index is 825. The Morgan fingerprint density at radius 1 is 0.655 bits per heavy atom. The van der Waals surface area contributed by atoms with Gasteiger partial charge in [-0.15, -0.1) is 0 Å². The molecule has 0 saturated heterocycles. The smallest absolute Gasteiger partial charge is 0.115 e. The van der Waals surface area contributed by atoms with Crippen molar-refractivity contribution in [3.8, 4) is 11.5 Å². The molecule has 4 rings (SSSR count). The third-order valence-corrected chi connectivity index (χ3v) is 7.40. The van der Waals surface area contributed by atoms with Gasteiger partial charge in [0.05, 0.1) is 0 Å². The van der Waals surface area contributed by atoms with E-state index >= 15 is 0 Å². The molecule has 2 nitrogen and oxygen atoms in total. The lowest BCUT2D eigenvalue weighted by Crippen LogP contribution is -2.34. The summed E-state index contributed by atoms with van der Waals surface area (Å²) in [6, 6.07) is 15.3. The fraction of sp³-hybridized carbons (Fsp3) is 0.407. The lowest BCUT2D eigenvalue weighted by atomic mass is 9.61. The molecule has 29 heavy (non-hydrogen) atoms. The fourth-order valence-electron chi connectivity index (χ4n) is 5.23. The van der Waals surface area contributed by atoms with Crippen molar-refractivity contribution in [1.29, 1.82) is 0 Å². The Kier molecular flexibility index (Phi) is 5.54. The second kappa shape index (κ2) is 8.10. The molecule has 0 aromatic heterocycles. The number of phenols is 2. The molecular weight excluding hydrogens is 356 g/mol. The van der Waals surface area contributed by atoms with E-state index < -0.39 is 0 Å². The topological polar surface area (TPSA) is 40.5 Å². The molecule has 2 aliphatic rings. The van der Waals surface area contributed by atoms with Crippen LogP contribution in [-0.4, -0.2) is 10.2 Å². The van der Waals surface area contributed by atoms with Gasteiger partial charge in [-0.2, -0.15) is 0 Å². The Balaban J connectivity index is 1.41. The predicted octanol–water partition coefficient (Wildman–Crippen LogP) is 7.19. The van der Waals surface area contributed by atoms with E-state index in [4.69, 9.17) is 0 Å². The molecule has 0 spiro atoms. The van der Waals surface area contributed by atoms with Crippen LogP contribution in [0, 0.1) is 17.3 Å². The molecule has 152 valence electrons. The average Bonchev–Trinajstić information content (AvgIpc) is 2.75. The Morgan fingerprint density at radius 3 is 1.34 bits per heavy atom. The van der Waals surface area contributed by atoms with E-state index in [9.17, 15) is 10.2 Å². The standard InChI is InChI=1S/C27H32O2/c1-27(2,23-11-3-19(4-12-23)21-7-15-25(28)16-8-21)24-13-5-20(6-14-24)22-9-17-26(29)18-10-22/h3,5,7-10,15-18,23-24,28-29H,4,6,11-14H2,1-2H3. The first-order valence-corrected chi connectivity index (χ1v) is 10.9. The molecule has 0 heterocycles. The van der Waals surface area contributed by atoms with E-state index in [1.165, 1.54) is 35.1 Å². The van der Waals surface area contributed by atoms with Crippen molar-refractivity contribution in [3.05, 3.63) is 71.8 Å². The van der Waals surface area contributed by atoms with Crippen LogP contribution in [0.5, 0.6) is 11.5 Å². The predicted molar refractivity (Wildman–Crippen MR) is 121 cm³/mol. The van der Waals surface area contributed by atoms with Crippen LogP contribution in [-0.2, 0) is 0 Å². The molecule has 2 aromatic rings. The molecule has 0 fully saturated rings. The summed E-state index contributed by atoms with van der Waals surface area (Å²) in [4.78, 5) is 0. The van der Waals surface area contributed by atoms with Crippen molar-refractivity contribution in [1.82, 2.24) is 0 Å². The molecule has 0 radical (unpaired) electrons. The van der Waals surface area contributed by atoms with Crippen molar-refractivity contribution in [2.75, 3.05) is 0 Å². The van der Waals surface area contributed by atoms with E-state index in [-0.39, 0.29) is 0 Å². The maximum Gasteiger partial charge on any atom is 0.115 e. The fourth-order valence-corrected chi connectivity index (χ4v) is 5.23. The van der Waals surface area contributed by atoms with Gasteiger partial charge in [-0.3, -0.25) is 0 Å². The maximum absolute atomic E-state index is 9.52. The molecule has 2 unspecified atom stereocenters. The Morgan fingerprint density at radius 2 is 1.03 bits per heavy atom. The van der Waals surface area contributed by atoms with Crippen LogP contribution in [0.25, 0.3) is 11.1 Å². The van der Waals surface area contributed by atoms with E-state index in [1.54, 1.807) is 24.3 Å². The third kappa shape index (κ3) is 4.27. The Hall–Kier alpha value is -2.48. The van der Waals surface area contributed by atoms with Crippen LogP contribution in [0.3, 0.4) is 0 Å². The number of hydrogen-bond donors (Lipinski definition) is 2. The molecule has 0 amide bonds. The minimum atomic E-state index is 0.327. The first kappa shape index (κ1) is 19.8. The van der Waals surface area contributed by atoms with Crippen LogP contribution in [0.1, 0.15) is 63.5 Å². The van der Waals surface area contributed by atoms with Gasteiger partial charge < -0.3 is 10.2 Å². The van der Waals surface area contributed by atoms with Crippen molar-refractivity contribution < 1.29 is 10.2 Å². The number of phenolic OH excluding ortho intramolecular Hbond substituents is 2. The summed E-state index contributed by atoms with van der Waals surface area (Å²) in [6.45, 7) is 4.95. The SMILES string of the molecule is CC(C)(C1CC=C(c2ccc(O)cc2)CC1)C1CC=C(c2ccc(O)cc2)CC1. The maximum atomic E-state index is 9.52. The van der Waals surface area contributed by atoms with Crippen LogP contribution >= 0.6 is 0 Å². The summed E-state index contributed by atoms with van der Waals surface area (Å²) in [6.07, 6.45) is 11.9. The van der Waals surface area contributed by atoms with Gasteiger partial charge in [0, 0.05) is 0 Å². The molecule has 0 aliphatic heterocycles. The van der Waals surface area contributed by atoms with Crippen molar-refractivity contribution in [2.45, 2.75) is 52.4 Å². The molecule has 2 atom stereocenters. The summed E-state index contributed by atoms with van der Waals surface area (Å²) in [7, 11) is 0. The van der Waals surface area contributed by atoms with Gasteiger partial charge in [-0.1, -0.05) is 50.3 Å². The zero-order valence-corrected chi connectivity index (χ0v) is 17.6. The van der Waals surface area contributed by atoms with Crippen LogP contribution in [0.2, 0.25) is 0 Å². The summed E-state index contributed by atoms with van der Waals surface area (Å²) in [5.41, 5.74) is 5.68. The number of hydrogen-bond acceptors (Lipinski definition) is 2. The summed E-state index contributed by atoms with van der Waals surface area (Å²) >= 11 is 0. The van der Waals surface area contributed by atoms with E-state index in [2.05, 4.69) is 26.0 Å². The molecule has 2 N–H and O–H groups in total. The normalized spacial score (nSPS) is 22.7.